The molecule has 2 aliphatic carbocycles. The Balaban J connectivity index is 1.02. The van der Waals surface area contributed by atoms with E-state index in [0.29, 0.717) is 67.4 Å². The van der Waals surface area contributed by atoms with E-state index in [1.54, 1.807) is 0 Å². The minimum absolute atomic E-state index is 0.341. The molecule has 0 unspecified atom stereocenters. The first-order chi connectivity index (χ1) is 33.4. The monoisotopic (exact) mass is 914 g/mol. The fourth-order valence-corrected chi connectivity index (χ4v) is 11.8. The summed E-state index contributed by atoms with van der Waals surface area (Å²) in [5.74, 6) is -1.52. The van der Waals surface area contributed by atoms with Crippen LogP contribution in [0.1, 0.15) is 65.4 Å². The molecule has 0 saturated heterocycles. The van der Waals surface area contributed by atoms with Crippen LogP contribution in [0.25, 0.3) is 44.2 Å². The van der Waals surface area contributed by atoms with Gasteiger partial charge in [-0.15, -0.1) is 0 Å². The molecule has 68 heavy (non-hydrogen) atoms. The van der Waals surface area contributed by atoms with E-state index in [-0.39, 0.29) is 23.6 Å². The van der Waals surface area contributed by atoms with Crippen molar-refractivity contribution in [1.29, 1.82) is 0 Å². The number of amides is 4. The zero-order valence-electron chi connectivity index (χ0n) is 36.4. The van der Waals surface area contributed by atoms with E-state index in [1.807, 2.05) is 194 Å². The second-order valence-corrected chi connectivity index (χ2v) is 19.1. The molecule has 12 rings (SSSR count). The first-order valence-electron chi connectivity index (χ1n) is 22.4. The van der Waals surface area contributed by atoms with Gasteiger partial charge in [0.1, 0.15) is 0 Å². The van der Waals surface area contributed by atoms with Gasteiger partial charge >= 0.3 is 0 Å². The van der Waals surface area contributed by atoms with Gasteiger partial charge in [0, 0.05) is 30.7 Å². The molecule has 4 amide bonds. The first-order valence-corrected chi connectivity index (χ1v) is 24.1. The van der Waals surface area contributed by atoms with Crippen LogP contribution < -0.4 is 9.80 Å². The minimum atomic E-state index is -0.388. The van der Waals surface area contributed by atoms with Crippen LogP contribution in [0.3, 0.4) is 0 Å². The minimum Gasteiger partial charge on any atom is -0.268 e. The fraction of sp³-hybridized carbons (Fsp3) is 0.0333. The normalized spacial score (nSPS) is 14.9. The number of carbonyl (C=O) groups is 4. The molecule has 0 aromatic heterocycles. The van der Waals surface area contributed by atoms with Gasteiger partial charge < -0.3 is 0 Å². The number of fused-ring (bicyclic) bond motifs is 3. The predicted molar refractivity (Wildman–Crippen MR) is 275 cm³/mol. The van der Waals surface area contributed by atoms with Gasteiger partial charge in [0.05, 0.1) is 33.6 Å². The van der Waals surface area contributed by atoms with Gasteiger partial charge in [-0.05, 0) is 106 Å². The summed E-state index contributed by atoms with van der Waals surface area (Å²) in [6.45, 7) is 0. The number of benzene rings is 8. The number of allylic oxidation sites excluding steroid dienone is 8. The number of rotatable bonds is 10. The number of para-hydroxylation sites is 2. The van der Waals surface area contributed by atoms with E-state index in [1.165, 1.54) is 33.3 Å². The highest BCUT2D eigenvalue weighted by Crippen LogP contribution is 2.49. The van der Waals surface area contributed by atoms with Crippen molar-refractivity contribution >= 4 is 80.4 Å². The largest absolute Gasteiger partial charge is 0.268 e. The molecule has 8 heteroatoms. The van der Waals surface area contributed by atoms with Crippen LogP contribution in [0.4, 0.5) is 11.4 Å². The second-order valence-electron chi connectivity index (χ2n) is 16.8. The fourth-order valence-electron chi connectivity index (χ4n) is 9.90. The molecular formula is C60H38N2O4S2. The number of imide groups is 2. The lowest BCUT2D eigenvalue weighted by Gasteiger charge is -2.19. The molecule has 6 nitrogen and oxygen atoms in total. The van der Waals surface area contributed by atoms with Crippen molar-refractivity contribution in [2.24, 2.45) is 0 Å². The van der Waals surface area contributed by atoms with Crippen LogP contribution in [-0.2, 0) is 0 Å². The molecule has 0 fully saturated rings. The molecule has 0 bridgehead atoms. The van der Waals surface area contributed by atoms with Gasteiger partial charge in [-0.25, -0.2) is 9.80 Å². The summed E-state index contributed by atoms with van der Waals surface area (Å²) in [6.07, 6.45) is 13.6. The summed E-state index contributed by atoms with van der Waals surface area (Å²) in [7, 11) is 0. The first kappa shape index (κ1) is 41.4. The van der Waals surface area contributed by atoms with Gasteiger partial charge in [-0.1, -0.05) is 181 Å². The molecule has 0 radical (unpaired) electrons. The van der Waals surface area contributed by atoms with Crippen molar-refractivity contribution < 1.29 is 19.2 Å². The SMILES string of the molecule is O=C1c2c(Sc3ccccc3)ccc(-c3ccc(-c4ccc(Sc5ccccc5)c5c4C(=O)N(c4ccccc4C4=CC=CC4)C5=O)c4ccccc34)c2C(=O)N1c1ccccc1C1=CC=CC1. The lowest BCUT2D eigenvalue weighted by atomic mass is 9.87. The Morgan fingerprint density at radius 2 is 0.706 bits per heavy atom. The molecule has 8 aromatic rings. The third-order valence-corrected chi connectivity index (χ3v) is 15.1. The molecular weight excluding hydrogens is 877 g/mol. The summed E-state index contributed by atoms with van der Waals surface area (Å²) >= 11 is 2.92. The smallest absolute Gasteiger partial charge is 0.267 e. The molecule has 324 valence electrons. The van der Waals surface area contributed by atoms with Crippen molar-refractivity contribution in [3.8, 4) is 22.3 Å². The zero-order valence-corrected chi connectivity index (χ0v) is 38.0. The lowest BCUT2D eigenvalue weighted by Crippen LogP contribution is -2.30. The van der Waals surface area contributed by atoms with E-state index in [9.17, 15) is 9.59 Å². The molecule has 8 aromatic carbocycles. The molecule has 2 heterocycles. The third-order valence-electron chi connectivity index (χ3n) is 13.0. The van der Waals surface area contributed by atoms with Crippen LogP contribution in [-0.4, -0.2) is 23.6 Å². The van der Waals surface area contributed by atoms with Gasteiger partial charge in [-0.3, -0.25) is 19.2 Å². The molecule has 2 aliphatic heterocycles. The summed E-state index contributed by atoms with van der Waals surface area (Å²) < 4.78 is 0. The molecule has 4 aliphatic rings. The zero-order chi connectivity index (χ0) is 45.9. The Morgan fingerprint density at radius 1 is 0.338 bits per heavy atom. The number of hydrogen-bond acceptors (Lipinski definition) is 6. The quantitative estimate of drug-likeness (QED) is 0.127. The number of hydrogen-bond donors (Lipinski definition) is 0. The predicted octanol–water partition coefficient (Wildman–Crippen LogP) is 14.8. The molecule has 0 atom stereocenters. The second kappa shape index (κ2) is 17.0. The molecule has 0 N–H and O–H groups in total. The molecule has 0 spiro atoms. The van der Waals surface area contributed by atoms with Crippen molar-refractivity contribution in [1.82, 2.24) is 0 Å². The molecule has 0 saturated carbocycles. The van der Waals surface area contributed by atoms with E-state index in [0.717, 1.165) is 54.0 Å². The van der Waals surface area contributed by atoms with Crippen LogP contribution in [0.5, 0.6) is 0 Å². The van der Waals surface area contributed by atoms with Crippen LogP contribution in [0.2, 0.25) is 0 Å². The maximum absolute atomic E-state index is 15.2. The standard InChI is InChI=1S/C60H38N2O4S2/c63-57-53-47(33-35-51(67-39-21-3-1-4-22-39)55(53)59(65)61(57)49-29-15-13-25-41(49)37-17-7-8-18-37)45-31-32-46(44-28-12-11-27-43(44)45)48-34-36-52(68-40-23-5-2-6-24-40)56-54(48)58(64)62(60(56)66)50-30-16-14-26-42(50)38-19-9-10-20-38/h1-17,19,21-36H,18,20H2. The third kappa shape index (κ3) is 6.83. The Bertz CT molecular complexity index is 3370. The van der Waals surface area contributed by atoms with Crippen LogP contribution >= 0.6 is 23.5 Å². The van der Waals surface area contributed by atoms with Crippen molar-refractivity contribution in [3.63, 3.8) is 0 Å². The van der Waals surface area contributed by atoms with E-state index < -0.39 is 0 Å². The van der Waals surface area contributed by atoms with E-state index in [2.05, 4.69) is 12.2 Å². The topological polar surface area (TPSA) is 74.8 Å². The van der Waals surface area contributed by atoms with Crippen molar-refractivity contribution in [2.75, 3.05) is 9.80 Å². The Hall–Kier alpha value is -8.04. The average molecular weight is 915 g/mol. The van der Waals surface area contributed by atoms with Gasteiger partial charge in [-0.2, -0.15) is 0 Å². The highest BCUT2D eigenvalue weighted by Gasteiger charge is 2.44. The Morgan fingerprint density at radius 3 is 1.12 bits per heavy atom. The summed E-state index contributed by atoms with van der Waals surface area (Å²) in [5, 5.41) is 1.65. The van der Waals surface area contributed by atoms with Crippen LogP contribution in [0.15, 0.2) is 226 Å². The van der Waals surface area contributed by atoms with Crippen molar-refractivity contribution in [2.45, 2.75) is 32.4 Å². The lowest BCUT2D eigenvalue weighted by molar-refractivity contribution is 0.0909. The Labute approximate surface area is 401 Å². The highest BCUT2D eigenvalue weighted by molar-refractivity contribution is 7.99. The summed E-state index contributed by atoms with van der Waals surface area (Å²) in [5.41, 5.74) is 9.03. The maximum Gasteiger partial charge on any atom is 0.267 e. The van der Waals surface area contributed by atoms with Gasteiger partial charge in [0.25, 0.3) is 23.6 Å². The van der Waals surface area contributed by atoms with Crippen LogP contribution in [0, 0.1) is 0 Å². The maximum atomic E-state index is 15.2. The Kier molecular flexibility index (Phi) is 10.3. The van der Waals surface area contributed by atoms with Gasteiger partial charge in [0.15, 0.2) is 0 Å². The average Bonchev–Trinajstić information content (AvgIpc) is 4.21. The summed E-state index contributed by atoms with van der Waals surface area (Å²) in [4.78, 5) is 66.3. The number of anilines is 2. The highest BCUT2D eigenvalue weighted by atomic mass is 32.2. The van der Waals surface area contributed by atoms with Gasteiger partial charge in [0.2, 0.25) is 0 Å². The van der Waals surface area contributed by atoms with E-state index >= 15 is 9.59 Å². The van der Waals surface area contributed by atoms with E-state index in [4.69, 9.17) is 0 Å². The van der Waals surface area contributed by atoms with Crippen molar-refractivity contribution in [3.05, 3.63) is 240 Å². The number of carbonyl (C=O) groups excluding carboxylic acids is 4. The summed E-state index contributed by atoms with van der Waals surface area (Å²) in [6, 6.07) is 54.7. The number of nitrogens with zero attached hydrogens (tertiary/aromatic N) is 2.